The van der Waals surface area contributed by atoms with Crippen LogP contribution in [0.5, 0.6) is 0 Å². The Morgan fingerprint density at radius 1 is 1.11 bits per heavy atom. The van der Waals surface area contributed by atoms with Gasteiger partial charge in [0.05, 0.1) is 0 Å². The molecule has 0 aliphatic rings. The second kappa shape index (κ2) is 6.18. The zero-order valence-electron chi connectivity index (χ0n) is 11.7. The molecule has 0 saturated carbocycles. The summed E-state index contributed by atoms with van der Waals surface area (Å²) in [6.07, 6.45) is 2.83. The van der Waals surface area contributed by atoms with Gasteiger partial charge in [-0.25, -0.2) is 4.98 Å². The summed E-state index contributed by atoms with van der Waals surface area (Å²) in [5, 5.41) is 6.49. The molecule has 0 saturated heterocycles. The van der Waals surface area contributed by atoms with Gasteiger partial charge < -0.3 is 10.6 Å². The van der Waals surface area contributed by atoms with Gasteiger partial charge in [0.15, 0.2) is 0 Å². The molecule has 1 aromatic heterocycles. The Morgan fingerprint density at radius 3 is 2.53 bits per heavy atom. The van der Waals surface area contributed by atoms with Gasteiger partial charge in [-0.3, -0.25) is 0 Å². The maximum Gasteiger partial charge on any atom is 0.229 e. The molecule has 2 N–H and O–H groups in total. The third-order valence-corrected chi connectivity index (χ3v) is 2.69. The number of benzene rings is 1. The van der Waals surface area contributed by atoms with Gasteiger partial charge in [0.1, 0.15) is 5.82 Å². The van der Waals surface area contributed by atoms with E-state index in [1.54, 1.807) is 6.20 Å². The molecule has 100 valence electrons. The fourth-order valence-electron chi connectivity index (χ4n) is 1.95. The third kappa shape index (κ3) is 3.95. The molecule has 0 fully saturated rings. The number of hydrogen-bond donors (Lipinski definition) is 2. The molecule has 1 heterocycles. The highest BCUT2D eigenvalue weighted by Gasteiger charge is 2.01. The number of rotatable bonds is 5. The first kappa shape index (κ1) is 13.3. The highest BCUT2D eigenvalue weighted by Crippen LogP contribution is 2.17. The molecule has 0 spiro atoms. The number of nitrogens with one attached hydrogen (secondary N) is 2. The van der Waals surface area contributed by atoms with Crippen LogP contribution in [0.4, 0.5) is 17.5 Å². The fourth-order valence-corrected chi connectivity index (χ4v) is 1.95. The van der Waals surface area contributed by atoms with Gasteiger partial charge in [0.25, 0.3) is 0 Å². The van der Waals surface area contributed by atoms with Crippen molar-refractivity contribution in [1.29, 1.82) is 0 Å². The molecule has 0 atom stereocenters. The monoisotopic (exact) mass is 256 g/mol. The smallest absolute Gasteiger partial charge is 0.229 e. The lowest BCUT2D eigenvalue weighted by Crippen LogP contribution is -2.04. The summed E-state index contributed by atoms with van der Waals surface area (Å²) in [5.74, 6) is 1.47. The quantitative estimate of drug-likeness (QED) is 0.857. The summed E-state index contributed by atoms with van der Waals surface area (Å²) in [5.41, 5.74) is 3.47. The Balaban J connectivity index is 2.13. The minimum Gasteiger partial charge on any atom is -0.370 e. The summed E-state index contributed by atoms with van der Waals surface area (Å²) >= 11 is 0. The average Bonchev–Trinajstić information content (AvgIpc) is 2.35. The van der Waals surface area contributed by atoms with E-state index >= 15 is 0 Å². The zero-order chi connectivity index (χ0) is 13.7. The molecule has 4 nitrogen and oxygen atoms in total. The summed E-state index contributed by atoms with van der Waals surface area (Å²) in [6.45, 7) is 7.21. The minimum atomic E-state index is 0.617. The Kier molecular flexibility index (Phi) is 4.34. The molecule has 0 amide bonds. The number of anilines is 3. The van der Waals surface area contributed by atoms with E-state index in [2.05, 4.69) is 59.6 Å². The molecule has 2 aromatic rings. The molecular formula is C15H20N4. The number of hydrogen-bond acceptors (Lipinski definition) is 4. The molecule has 1 aromatic carbocycles. The molecule has 2 rings (SSSR count). The molecule has 19 heavy (non-hydrogen) atoms. The predicted molar refractivity (Wildman–Crippen MR) is 80.0 cm³/mol. The van der Waals surface area contributed by atoms with Crippen molar-refractivity contribution in [3.05, 3.63) is 41.6 Å². The van der Waals surface area contributed by atoms with Crippen LogP contribution in [0.2, 0.25) is 0 Å². The van der Waals surface area contributed by atoms with E-state index in [1.807, 2.05) is 6.07 Å². The summed E-state index contributed by atoms with van der Waals surface area (Å²) in [7, 11) is 0. The maximum atomic E-state index is 4.43. The van der Waals surface area contributed by atoms with Crippen LogP contribution >= 0.6 is 0 Å². The first-order valence-corrected chi connectivity index (χ1v) is 6.59. The van der Waals surface area contributed by atoms with E-state index in [1.165, 1.54) is 11.1 Å². The van der Waals surface area contributed by atoms with Gasteiger partial charge in [-0.05, 0) is 49.6 Å². The van der Waals surface area contributed by atoms with Gasteiger partial charge in [0, 0.05) is 18.4 Å². The zero-order valence-corrected chi connectivity index (χ0v) is 11.7. The number of aryl methyl sites for hydroxylation is 2. The van der Waals surface area contributed by atoms with Crippen molar-refractivity contribution in [3.63, 3.8) is 0 Å². The number of aromatic nitrogens is 2. The first-order valence-electron chi connectivity index (χ1n) is 6.59. The predicted octanol–water partition coefficient (Wildman–Crippen LogP) is 3.66. The van der Waals surface area contributed by atoms with Crippen molar-refractivity contribution in [1.82, 2.24) is 9.97 Å². The van der Waals surface area contributed by atoms with E-state index in [9.17, 15) is 0 Å². The van der Waals surface area contributed by atoms with Gasteiger partial charge in [-0.2, -0.15) is 4.98 Å². The Hall–Kier alpha value is -2.10. The lowest BCUT2D eigenvalue weighted by atomic mass is 10.1. The van der Waals surface area contributed by atoms with Crippen LogP contribution in [0.15, 0.2) is 30.5 Å². The van der Waals surface area contributed by atoms with Crippen molar-refractivity contribution in [2.75, 3.05) is 17.2 Å². The second-order valence-corrected chi connectivity index (χ2v) is 4.69. The van der Waals surface area contributed by atoms with E-state index in [4.69, 9.17) is 0 Å². The minimum absolute atomic E-state index is 0.617. The Bertz CT molecular complexity index is 531. The molecule has 0 aliphatic carbocycles. The SMILES string of the molecule is CCCNc1ccnc(Nc2cc(C)cc(C)c2)n1. The van der Waals surface area contributed by atoms with E-state index in [0.29, 0.717) is 5.95 Å². The highest BCUT2D eigenvalue weighted by molar-refractivity contribution is 5.57. The fraction of sp³-hybridized carbons (Fsp3) is 0.333. The molecule has 4 heteroatoms. The van der Waals surface area contributed by atoms with Crippen LogP contribution in [0, 0.1) is 13.8 Å². The van der Waals surface area contributed by atoms with E-state index in [0.717, 1.165) is 24.5 Å². The standard InChI is InChI=1S/C15H20N4/c1-4-6-16-14-5-7-17-15(19-14)18-13-9-11(2)8-12(3)10-13/h5,7-10H,4,6H2,1-3H3,(H2,16,17,18,19). The molecular weight excluding hydrogens is 236 g/mol. The first-order chi connectivity index (χ1) is 9.17. The average molecular weight is 256 g/mol. The number of nitrogens with zero attached hydrogens (tertiary/aromatic N) is 2. The Morgan fingerprint density at radius 2 is 1.84 bits per heavy atom. The van der Waals surface area contributed by atoms with Crippen molar-refractivity contribution >= 4 is 17.5 Å². The highest BCUT2D eigenvalue weighted by atomic mass is 15.1. The maximum absolute atomic E-state index is 4.43. The Labute approximate surface area is 114 Å². The molecule has 0 unspecified atom stereocenters. The van der Waals surface area contributed by atoms with Gasteiger partial charge in [-0.1, -0.05) is 13.0 Å². The van der Waals surface area contributed by atoms with Crippen LogP contribution in [-0.2, 0) is 0 Å². The third-order valence-electron chi connectivity index (χ3n) is 2.69. The van der Waals surface area contributed by atoms with Crippen LogP contribution in [0.1, 0.15) is 24.5 Å². The van der Waals surface area contributed by atoms with Crippen molar-refractivity contribution in [2.45, 2.75) is 27.2 Å². The van der Waals surface area contributed by atoms with Gasteiger partial charge >= 0.3 is 0 Å². The summed E-state index contributed by atoms with van der Waals surface area (Å²) < 4.78 is 0. The molecule has 0 aliphatic heterocycles. The summed E-state index contributed by atoms with van der Waals surface area (Å²) in [4.78, 5) is 8.67. The van der Waals surface area contributed by atoms with Crippen LogP contribution in [0.25, 0.3) is 0 Å². The largest absolute Gasteiger partial charge is 0.370 e. The van der Waals surface area contributed by atoms with Gasteiger partial charge in [0.2, 0.25) is 5.95 Å². The topological polar surface area (TPSA) is 49.8 Å². The van der Waals surface area contributed by atoms with E-state index in [-0.39, 0.29) is 0 Å². The van der Waals surface area contributed by atoms with Crippen molar-refractivity contribution < 1.29 is 0 Å². The normalized spacial score (nSPS) is 10.3. The lowest BCUT2D eigenvalue weighted by Gasteiger charge is -2.09. The van der Waals surface area contributed by atoms with Crippen LogP contribution < -0.4 is 10.6 Å². The van der Waals surface area contributed by atoms with Crippen molar-refractivity contribution in [2.24, 2.45) is 0 Å². The summed E-state index contributed by atoms with van der Waals surface area (Å²) in [6, 6.07) is 8.19. The van der Waals surface area contributed by atoms with Crippen LogP contribution in [-0.4, -0.2) is 16.5 Å². The molecule has 0 radical (unpaired) electrons. The lowest BCUT2D eigenvalue weighted by molar-refractivity contribution is 0.966. The van der Waals surface area contributed by atoms with E-state index < -0.39 is 0 Å². The van der Waals surface area contributed by atoms with Gasteiger partial charge in [-0.15, -0.1) is 0 Å². The molecule has 0 bridgehead atoms. The second-order valence-electron chi connectivity index (χ2n) is 4.69. The van der Waals surface area contributed by atoms with Crippen molar-refractivity contribution in [3.8, 4) is 0 Å². The van der Waals surface area contributed by atoms with Crippen LogP contribution in [0.3, 0.4) is 0 Å².